The van der Waals surface area contributed by atoms with Crippen LogP contribution in [0.25, 0.3) is 0 Å². The monoisotopic (exact) mass is 324 g/mol. The third kappa shape index (κ3) is 1.75. The molecular weight excluding hydrogens is 304 g/mol. The molecule has 0 unspecified atom stereocenters. The topological polar surface area (TPSA) is 58.6 Å². The summed E-state index contributed by atoms with van der Waals surface area (Å²) in [6.45, 7) is 0.208. The fraction of sp³-hybridized carbons (Fsp3) is 0.474. The number of ether oxygens (including phenoxy) is 1. The third-order valence-electron chi connectivity index (χ3n) is 6.29. The first-order chi connectivity index (χ1) is 11.7. The van der Waals surface area contributed by atoms with Crippen molar-refractivity contribution in [2.24, 2.45) is 35.5 Å². The minimum atomic E-state index is -0.129. The number of imide groups is 1. The summed E-state index contributed by atoms with van der Waals surface area (Å²) in [7, 11) is 1.61. The van der Waals surface area contributed by atoms with Crippen molar-refractivity contribution >= 4 is 17.5 Å². The first-order valence-corrected chi connectivity index (χ1v) is 8.61. The molecule has 1 aromatic rings. The number of anilines is 1. The Bertz CT molecular complexity index is 723. The smallest absolute Gasteiger partial charge is 0.235 e. The molecule has 5 heteroatoms. The van der Waals surface area contributed by atoms with E-state index >= 15 is 0 Å². The van der Waals surface area contributed by atoms with Gasteiger partial charge in [-0.25, -0.2) is 0 Å². The molecule has 24 heavy (non-hydrogen) atoms. The van der Waals surface area contributed by atoms with Crippen LogP contribution < -0.4 is 10.1 Å². The fourth-order valence-electron chi connectivity index (χ4n) is 5.13. The molecule has 2 saturated carbocycles. The Morgan fingerprint density at radius 3 is 2.33 bits per heavy atom. The molecule has 2 amide bonds. The van der Waals surface area contributed by atoms with E-state index in [4.69, 9.17) is 4.74 Å². The summed E-state index contributed by atoms with van der Waals surface area (Å²) < 4.78 is 5.31. The molecule has 2 bridgehead atoms. The number of methoxy groups -OCH3 is 1. The van der Waals surface area contributed by atoms with Crippen LogP contribution in [-0.2, 0) is 9.59 Å². The minimum Gasteiger partial charge on any atom is -0.495 e. The van der Waals surface area contributed by atoms with E-state index in [1.54, 1.807) is 7.11 Å². The van der Waals surface area contributed by atoms with Gasteiger partial charge in [0.25, 0.3) is 0 Å². The molecule has 0 spiro atoms. The lowest BCUT2D eigenvalue weighted by Gasteiger charge is -2.37. The molecule has 124 valence electrons. The maximum atomic E-state index is 12.9. The zero-order valence-electron chi connectivity index (χ0n) is 13.5. The molecule has 1 aliphatic heterocycles. The van der Waals surface area contributed by atoms with Crippen LogP contribution in [-0.4, -0.2) is 30.5 Å². The normalized spacial score (nSPS) is 38.1. The predicted molar refractivity (Wildman–Crippen MR) is 88.0 cm³/mol. The van der Waals surface area contributed by atoms with Gasteiger partial charge < -0.3 is 10.1 Å². The van der Waals surface area contributed by atoms with Gasteiger partial charge in [-0.3, -0.25) is 14.5 Å². The molecule has 4 aliphatic carbocycles. The van der Waals surface area contributed by atoms with Gasteiger partial charge >= 0.3 is 0 Å². The molecule has 0 radical (unpaired) electrons. The number of carbonyl (C=O) groups is 2. The molecule has 5 aliphatic rings. The summed E-state index contributed by atoms with van der Waals surface area (Å²) in [5, 5.41) is 3.19. The van der Waals surface area contributed by atoms with Crippen molar-refractivity contribution in [2.45, 2.75) is 6.42 Å². The summed E-state index contributed by atoms with van der Waals surface area (Å²) in [5.41, 5.74) is 0.791. The molecule has 6 atom stereocenters. The molecule has 3 fully saturated rings. The highest BCUT2D eigenvalue weighted by atomic mass is 16.5. The van der Waals surface area contributed by atoms with E-state index in [1.807, 2.05) is 24.3 Å². The second-order valence-electron chi connectivity index (χ2n) is 7.29. The third-order valence-corrected chi connectivity index (χ3v) is 6.29. The van der Waals surface area contributed by atoms with Gasteiger partial charge in [0.1, 0.15) is 5.75 Å². The second kappa shape index (κ2) is 4.85. The van der Waals surface area contributed by atoms with E-state index in [0.29, 0.717) is 17.6 Å². The van der Waals surface area contributed by atoms with Crippen LogP contribution in [0.5, 0.6) is 5.75 Å². The molecule has 1 saturated heterocycles. The zero-order valence-corrected chi connectivity index (χ0v) is 13.5. The Morgan fingerprint density at radius 1 is 1.08 bits per heavy atom. The van der Waals surface area contributed by atoms with E-state index in [2.05, 4.69) is 17.5 Å². The number of hydrogen-bond acceptors (Lipinski definition) is 4. The Balaban J connectivity index is 1.37. The number of para-hydroxylation sites is 2. The standard InChI is InChI=1S/C19H20N2O3/c1-24-15-5-3-2-4-14(15)20-9-21-18(22)16-10-6-7-11(13-8-12(10)13)17(16)19(21)23/h2-7,10-13,16-17,20H,8-9H2,1H3/t10-,11-,12-,13+,16+,17+/m0/s1. The molecule has 1 aromatic carbocycles. The van der Waals surface area contributed by atoms with E-state index < -0.39 is 0 Å². The van der Waals surface area contributed by atoms with Crippen molar-refractivity contribution in [3.05, 3.63) is 36.4 Å². The van der Waals surface area contributed by atoms with Crippen LogP contribution in [0, 0.1) is 35.5 Å². The van der Waals surface area contributed by atoms with Crippen molar-refractivity contribution in [3.8, 4) is 5.75 Å². The summed E-state index contributed by atoms with van der Waals surface area (Å²) in [6.07, 6.45) is 5.58. The van der Waals surface area contributed by atoms with Gasteiger partial charge in [0.05, 0.1) is 31.3 Å². The summed E-state index contributed by atoms with van der Waals surface area (Å²) in [4.78, 5) is 27.2. The number of carbonyl (C=O) groups excluding carboxylic acids is 2. The van der Waals surface area contributed by atoms with Crippen molar-refractivity contribution < 1.29 is 14.3 Å². The minimum absolute atomic E-state index is 0.00269. The average molecular weight is 324 g/mol. The van der Waals surface area contributed by atoms with Gasteiger partial charge in [-0.2, -0.15) is 0 Å². The van der Waals surface area contributed by atoms with Crippen LogP contribution in [0.3, 0.4) is 0 Å². The quantitative estimate of drug-likeness (QED) is 0.681. The summed E-state index contributed by atoms with van der Waals surface area (Å²) >= 11 is 0. The summed E-state index contributed by atoms with van der Waals surface area (Å²) in [6, 6.07) is 7.53. The number of nitrogens with one attached hydrogen (secondary N) is 1. The Hall–Kier alpha value is -2.30. The highest BCUT2D eigenvalue weighted by Crippen LogP contribution is 2.65. The Labute approximate surface area is 140 Å². The summed E-state index contributed by atoms with van der Waals surface area (Å²) in [5.74, 6) is 2.27. The van der Waals surface area contributed by atoms with E-state index in [9.17, 15) is 9.59 Å². The predicted octanol–water partition coefficient (Wildman–Crippen LogP) is 2.12. The van der Waals surface area contributed by atoms with Gasteiger partial charge in [0, 0.05) is 0 Å². The van der Waals surface area contributed by atoms with E-state index in [1.165, 1.54) is 11.3 Å². The SMILES string of the molecule is COc1ccccc1NCN1C(=O)[C@@H]2[C@H]3C=C[C@@H]([C@@H]4C[C@H]34)[C@H]2C1=O. The molecule has 0 aromatic heterocycles. The van der Waals surface area contributed by atoms with E-state index in [-0.39, 0.29) is 42.2 Å². The maximum Gasteiger partial charge on any atom is 0.235 e. The zero-order chi connectivity index (χ0) is 16.4. The molecule has 6 rings (SSSR count). The van der Waals surface area contributed by atoms with Gasteiger partial charge in [-0.05, 0) is 42.2 Å². The van der Waals surface area contributed by atoms with Gasteiger partial charge in [0.2, 0.25) is 11.8 Å². The van der Waals surface area contributed by atoms with Crippen LogP contribution in [0.2, 0.25) is 0 Å². The highest BCUT2D eigenvalue weighted by Gasteiger charge is 2.66. The first-order valence-electron chi connectivity index (χ1n) is 8.61. The molecule has 1 N–H and O–H groups in total. The molecule has 1 heterocycles. The Kier molecular flexibility index (Phi) is 2.84. The van der Waals surface area contributed by atoms with Gasteiger partial charge in [0.15, 0.2) is 0 Å². The number of benzene rings is 1. The van der Waals surface area contributed by atoms with Gasteiger partial charge in [-0.15, -0.1) is 0 Å². The number of likely N-dealkylation sites (tertiary alicyclic amines) is 1. The number of nitrogens with zero attached hydrogens (tertiary/aromatic N) is 1. The fourth-order valence-corrected chi connectivity index (χ4v) is 5.13. The number of rotatable bonds is 4. The van der Waals surface area contributed by atoms with E-state index in [0.717, 1.165) is 5.69 Å². The van der Waals surface area contributed by atoms with Crippen molar-refractivity contribution in [1.82, 2.24) is 4.90 Å². The molecule has 5 nitrogen and oxygen atoms in total. The lowest BCUT2D eigenvalue weighted by Crippen LogP contribution is -2.40. The number of hydrogen-bond donors (Lipinski definition) is 1. The average Bonchev–Trinajstić information content (AvgIpc) is 3.39. The largest absolute Gasteiger partial charge is 0.495 e. The van der Waals surface area contributed by atoms with Crippen LogP contribution in [0.15, 0.2) is 36.4 Å². The van der Waals surface area contributed by atoms with Crippen molar-refractivity contribution in [1.29, 1.82) is 0 Å². The van der Waals surface area contributed by atoms with Crippen LogP contribution in [0.1, 0.15) is 6.42 Å². The van der Waals surface area contributed by atoms with Crippen LogP contribution in [0.4, 0.5) is 5.69 Å². The van der Waals surface area contributed by atoms with Gasteiger partial charge in [-0.1, -0.05) is 24.3 Å². The lowest BCUT2D eigenvalue weighted by molar-refractivity contribution is -0.139. The first kappa shape index (κ1) is 14.1. The van der Waals surface area contributed by atoms with Crippen molar-refractivity contribution in [3.63, 3.8) is 0 Å². The maximum absolute atomic E-state index is 12.9. The highest BCUT2D eigenvalue weighted by molar-refractivity contribution is 6.06. The second-order valence-corrected chi connectivity index (χ2v) is 7.29. The Morgan fingerprint density at radius 2 is 1.71 bits per heavy atom. The number of amides is 2. The lowest BCUT2D eigenvalue weighted by atomic mass is 9.63. The molecular formula is C19H20N2O3. The van der Waals surface area contributed by atoms with Crippen LogP contribution >= 0.6 is 0 Å². The number of allylic oxidation sites excluding steroid dienone is 2. The van der Waals surface area contributed by atoms with Crippen molar-refractivity contribution in [2.75, 3.05) is 19.1 Å².